The third-order valence-electron chi connectivity index (χ3n) is 4.17. The van der Waals surface area contributed by atoms with Gasteiger partial charge in [-0.15, -0.1) is 0 Å². The van der Waals surface area contributed by atoms with Gasteiger partial charge >= 0.3 is 0 Å². The molecule has 2 aliphatic rings. The van der Waals surface area contributed by atoms with Crippen molar-refractivity contribution in [1.82, 2.24) is 5.32 Å². The summed E-state index contributed by atoms with van der Waals surface area (Å²) in [4.78, 5) is 0. The lowest BCUT2D eigenvalue weighted by Crippen LogP contribution is -2.28. The Hall–Kier alpha value is -0.340. The summed E-state index contributed by atoms with van der Waals surface area (Å²) in [7, 11) is 2.10. The van der Waals surface area contributed by atoms with Gasteiger partial charge in [-0.1, -0.05) is 18.1 Å². The van der Waals surface area contributed by atoms with Crippen LogP contribution in [0.15, 0.2) is 11.6 Å². The lowest BCUT2D eigenvalue weighted by Gasteiger charge is -2.21. The molecule has 0 aromatic heterocycles. The highest BCUT2D eigenvalue weighted by molar-refractivity contribution is 5.12. The summed E-state index contributed by atoms with van der Waals surface area (Å²) in [6.45, 7) is 0.984. The normalized spacial score (nSPS) is 27.6. The predicted molar refractivity (Wildman–Crippen MR) is 72.2 cm³/mol. The first-order valence-corrected chi connectivity index (χ1v) is 7.38. The number of ether oxygens (including phenoxy) is 1. The Labute approximate surface area is 106 Å². The molecule has 2 unspecified atom stereocenters. The van der Waals surface area contributed by atoms with E-state index in [9.17, 15) is 0 Å². The largest absolute Gasteiger partial charge is 0.378 e. The van der Waals surface area contributed by atoms with Crippen molar-refractivity contribution < 1.29 is 4.74 Å². The average molecular weight is 237 g/mol. The zero-order valence-corrected chi connectivity index (χ0v) is 11.2. The molecule has 2 heteroatoms. The van der Waals surface area contributed by atoms with E-state index in [0.29, 0.717) is 12.1 Å². The number of allylic oxidation sites excluding steroid dienone is 1. The average Bonchev–Trinajstić information content (AvgIpc) is 2.72. The fourth-order valence-corrected chi connectivity index (χ4v) is 3.10. The number of hydrogen-bond acceptors (Lipinski definition) is 2. The molecule has 0 amide bonds. The van der Waals surface area contributed by atoms with Crippen LogP contribution in [0.25, 0.3) is 0 Å². The molecule has 1 aliphatic heterocycles. The fourth-order valence-electron chi connectivity index (χ4n) is 3.10. The van der Waals surface area contributed by atoms with Crippen LogP contribution in [0.4, 0.5) is 0 Å². The quantitative estimate of drug-likeness (QED) is 0.740. The topological polar surface area (TPSA) is 21.3 Å². The summed E-state index contributed by atoms with van der Waals surface area (Å²) in [5.41, 5.74) is 1.66. The van der Waals surface area contributed by atoms with Gasteiger partial charge in [-0.05, 0) is 58.4 Å². The smallest absolute Gasteiger partial charge is 0.0576 e. The summed E-state index contributed by atoms with van der Waals surface area (Å²) in [6, 6.07) is 0.595. The van der Waals surface area contributed by atoms with Crippen molar-refractivity contribution in [2.24, 2.45) is 0 Å². The van der Waals surface area contributed by atoms with E-state index in [4.69, 9.17) is 4.74 Å². The second-order valence-electron chi connectivity index (χ2n) is 5.43. The molecule has 1 fully saturated rings. The Bertz CT molecular complexity index is 243. The molecule has 17 heavy (non-hydrogen) atoms. The van der Waals surface area contributed by atoms with Crippen molar-refractivity contribution in [1.29, 1.82) is 0 Å². The van der Waals surface area contributed by atoms with Crippen LogP contribution >= 0.6 is 0 Å². The van der Waals surface area contributed by atoms with E-state index in [1.165, 1.54) is 57.8 Å². The molecule has 0 bridgehead atoms. The maximum atomic E-state index is 5.71. The molecule has 2 rings (SSSR count). The monoisotopic (exact) mass is 237 g/mol. The number of likely N-dealkylation sites (N-methyl/N-ethyl adjacent to an activating group) is 1. The van der Waals surface area contributed by atoms with Crippen LogP contribution < -0.4 is 5.32 Å². The molecule has 1 aliphatic carbocycles. The Kier molecular flexibility index (Phi) is 5.53. The number of rotatable bonds is 5. The summed E-state index contributed by atoms with van der Waals surface area (Å²) >= 11 is 0. The van der Waals surface area contributed by atoms with Gasteiger partial charge in [0.05, 0.1) is 6.10 Å². The maximum absolute atomic E-state index is 5.71. The fraction of sp³-hybridized carbons (Fsp3) is 0.867. The molecule has 1 heterocycles. The van der Waals surface area contributed by atoms with Crippen molar-refractivity contribution >= 4 is 0 Å². The molecular formula is C15H27NO. The Morgan fingerprint density at radius 2 is 2.29 bits per heavy atom. The van der Waals surface area contributed by atoms with Crippen molar-refractivity contribution in [3.05, 3.63) is 11.6 Å². The van der Waals surface area contributed by atoms with Crippen LogP contribution in [0.3, 0.4) is 0 Å². The second kappa shape index (κ2) is 7.17. The third kappa shape index (κ3) is 4.11. The number of nitrogens with one attached hydrogen (secondary N) is 1. The van der Waals surface area contributed by atoms with E-state index >= 15 is 0 Å². The van der Waals surface area contributed by atoms with E-state index in [2.05, 4.69) is 18.4 Å². The predicted octanol–water partition coefficient (Wildman–Crippen LogP) is 3.42. The molecule has 0 saturated carbocycles. The summed E-state index contributed by atoms with van der Waals surface area (Å²) in [5.74, 6) is 0. The van der Waals surface area contributed by atoms with Gasteiger partial charge in [0, 0.05) is 12.6 Å². The van der Waals surface area contributed by atoms with Crippen molar-refractivity contribution in [3.8, 4) is 0 Å². The summed E-state index contributed by atoms with van der Waals surface area (Å²) in [5, 5.41) is 3.50. The van der Waals surface area contributed by atoms with Crippen LogP contribution in [-0.2, 0) is 4.74 Å². The van der Waals surface area contributed by atoms with Gasteiger partial charge in [0.15, 0.2) is 0 Å². The first-order chi connectivity index (χ1) is 8.40. The Morgan fingerprint density at radius 3 is 3.06 bits per heavy atom. The van der Waals surface area contributed by atoms with Crippen LogP contribution in [0, 0.1) is 0 Å². The van der Waals surface area contributed by atoms with E-state index in [1.807, 2.05) is 0 Å². The minimum absolute atomic E-state index is 0.539. The minimum Gasteiger partial charge on any atom is -0.378 e. The van der Waals surface area contributed by atoms with Crippen molar-refractivity contribution in [2.45, 2.75) is 69.9 Å². The lowest BCUT2D eigenvalue weighted by atomic mass is 9.96. The lowest BCUT2D eigenvalue weighted by molar-refractivity contribution is 0.101. The molecule has 2 nitrogen and oxygen atoms in total. The highest BCUT2D eigenvalue weighted by atomic mass is 16.5. The van der Waals surface area contributed by atoms with Crippen LogP contribution in [0.2, 0.25) is 0 Å². The molecular weight excluding hydrogens is 210 g/mol. The van der Waals surface area contributed by atoms with E-state index in [-0.39, 0.29) is 0 Å². The molecule has 0 aromatic carbocycles. The maximum Gasteiger partial charge on any atom is 0.0576 e. The zero-order valence-electron chi connectivity index (χ0n) is 11.2. The molecule has 98 valence electrons. The molecule has 1 saturated heterocycles. The van der Waals surface area contributed by atoms with Gasteiger partial charge in [0.1, 0.15) is 0 Å². The van der Waals surface area contributed by atoms with Crippen LogP contribution in [0.5, 0.6) is 0 Å². The van der Waals surface area contributed by atoms with Gasteiger partial charge in [-0.25, -0.2) is 0 Å². The van der Waals surface area contributed by atoms with Crippen LogP contribution in [-0.4, -0.2) is 25.8 Å². The minimum atomic E-state index is 0.539. The van der Waals surface area contributed by atoms with Gasteiger partial charge < -0.3 is 10.1 Å². The first kappa shape index (κ1) is 13.1. The van der Waals surface area contributed by atoms with Crippen molar-refractivity contribution in [3.63, 3.8) is 0 Å². The molecule has 0 radical (unpaired) electrons. The first-order valence-electron chi connectivity index (χ1n) is 7.38. The molecule has 2 atom stereocenters. The van der Waals surface area contributed by atoms with E-state index in [1.54, 1.807) is 5.57 Å². The van der Waals surface area contributed by atoms with Crippen LogP contribution in [0.1, 0.15) is 57.8 Å². The summed E-state index contributed by atoms with van der Waals surface area (Å²) in [6.07, 6.45) is 14.8. The molecule has 0 aromatic rings. The summed E-state index contributed by atoms with van der Waals surface area (Å²) < 4.78 is 5.71. The molecule has 0 spiro atoms. The number of hydrogen-bond donors (Lipinski definition) is 1. The van der Waals surface area contributed by atoms with E-state index < -0.39 is 0 Å². The Morgan fingerprint density at radius 1 is 1.35 bits per heavy atom. The zero-order chi connectivity index (χ0) is 11.9. The van der Waals surface area contributed by atoms with Gasteiger partial charge in [0.25, 0.3) is 0 Å². The molecule has 1 N–H and O–H groups in total. The van der Waals surface area contributed by atoms with Crippen molar-refractivity contribution in [2.75, 3.05) is 13.7 Å². The van der Waals surface area contributed by atoms with E-state index in [0.717, 1.165) is 6.61 Å². The highest BCUT2D eigenvalue weighted by Crippen LogP contribution is 2.24. The Balaban J connectivity index is 1.79. The van der Waals surface area contributed by atoms with Gasteiger partial charge in [0.2, 0.25) is 0 Å². The standard InChI is InChI=1S/C15H27NO/c1-16-15(11-10-14-9-6-12-17-14)13-7-4-2-3-5-8-13/h7,14-16H,2-6,8-12H2,1H3. The SMILES string of the molecule is CNC(CCC1CCCO1)C1=CCCCCC1. The third-order valence-corrected chi connectivity index (χ3v) is 4.17. The second-order valence-corrected chi connectivity index (χ2v) is 5.43. The van der Waals surface area contributed by atoms with Gasteiger partial charge in [-0.2, -0.15) is 0 Å². The highest BCUT2D eigenvalue weighted by Gasteiger charge is 2.19. The van der Waals surface area contributed by atoms with Gasteiger partial charge in [-0.3, -0.25) is 0 Å².